The van der Waals surface area contributed by atoms with Crippen LogP contribution in [0.3, 0.4) is 0 Å². The van der Waals surface area contributed by atoms with Gasteiger partial charge >= 0.3 is 18.2 Å². The molecular weight excluding hydrogens is 413 g/mol. The standard InChI is InChI=1S/C17H17F3N4O6/c1-2-5-10-8-23(15(27)28)9-16(10,22-14(26)17(18,19)20)13(25)21-11-6-3-4-7-12(11)24(29)30/h2-4,6-7,10H,1,5,8-9H2,(H,21,25)(H,22,26)(H,27,28). The minimum Gasteiger partial charge on any atom is -0.465 e. The van der Waals surface area contributed by atoms with Crippen molar-refractivity contribution in [2.45, 2.75) is 18.1 Å². The van der Waals surface area contributed by atoms with Gasteiger partial charge in [-0.3, -0.25) is 19.7 Å². The lowest BCUT2D eigenvalue weighted by atomic mass is 9.83. The number of nitro groups is 1. The number of carbonyl (C=O) groups excluding carboxylic acids is 2. The van der Waals surface area contributed by atoms with Crippen molar-refractivity contribution in [1.29, 1.82) is 0 Å². The largest absolute Gasteiger partial charge is 0.471 e. The van der Waals surface area contributed by atoms with Crippen molar-refractivity contribution in [3.63, 3.8) is 0 Å². The summed E-state index contributed by atoms with van der Waals surface area (Å²) in [6.07, 6.45) is -5.69. The van der Waals surface area contributed by atoms with Gasteiger partial charge < -0.3 is 20.6 Å². The zero-order valence-corrected chi connectivity index (χ0v) is 15.3. The zero-order valence-electron chi connectivity index (χ0n) is 15.3. The molecule has 1 heterocycles. The highest BCUT2D eigenvalue weighted by Crippen LogP contribution is 2.34. The van der Waals surface area contributed by atoms with Crippen LogP contribution in [0.2, 0.25) is 0 Å². The topological polar surface area (TPSA) is 142 Å². The van der Waals surface area contributed by atoms with E-state index in [0.717, 1.165) is 12.1 Å². The Labute approximate surface area is 167 Å². The first-order chi connectivity index (χ1) is 13.9. The van der Waals surface area contributed by atoms with Crippen molar-refractivity contribution < 1.29 is 37.6 Å². The first-order valence-electron chi connectivity index (χ1n) is 8.45. The summed E-state index contributed by atoms with van der Waals surface area (Å²) >= 11 is 0. The number of alkyl halides is 3. The molecule has 1 aromatic rings. The third kappa shape index (κ3) is 4.50. The van der Waals surface area contributed by atoms with Crippen molar-refractivity contribution in [3.05, 3.63) is 47.0 Å². The number of hydrogen-bond donors (Lipinski definition) is 3. The van der Waals surface area contributed by atoms with Gasteiger partial charge in [-0.25, -0.2) is 4.79 Å². The fraction of sp³-hybridized carbons (Fsp3) is 0.353. The molecule has 1 saturated heterocycles. The maximum Gasteiger partial charge on any atom is 0.471 e. The molecule has 10 nitrogen and oxygen atoms in total. The molecule has 1 aliphatic rings. The number of benzene rings is 1. The predicted molar refractivity (Wildman–Crippen MR) is 96.6 cm³/mol. The van der Waals surface area contributed by atoms with E-state index in [1.807, 2.05) is 0 Å². The van der Waals surface area contributed by atoms with Gasteiger partial charge in [0.1, 0.15) is 11.2 Å². The highest BCUT2D eigenvalue weighted by molar-refractivity contribution is 6.03. The summed E-state index contributed by atoms with van der Waals surface area (Å²) < 4.78 is 38.8. The van der Waals surface area contributed by atoms with Crippen LogP contribution in [-0.4, -0.2) is 57.6 Å². The molecular formula is C17H17F3N4O6. The molecule has 13 heteroatoms. The van der Waals surface area contributed by atoms with Crippen LogP contribution in [0.15, 0.2) is 36.9 Å². The lowest BCUT2D eigenvalue weighted by molar-refractivity contribution is -0.383. The number of carbonyl (C=O) groups is 3. The van der Waals surface area contributed by atoms with E-state index in [-0.39, 0.29) is 18.7 Å². The van der Waals surface area contributed by atoms with Crippen LogP contribution in [0.4, 0.5) is 29.3 Å². The number of nitrogens with one attached hydrogen (secondary N) is 2. The Morgan fingerprint density at radius 1 is 1.37 bits per heavy atom. The van der Waals surface area contributed by atoms with Gasteiger partial charge in [-0.2, -0.15) is 13.2 Å². The van der Waals surface area contributed by atoms with Crippen molar-refractivity contribution >= 4 is 29.3 Å². The van der Waals surface area contributed by atoms with E-state index in [4.69, 9.17) is 0 Å². The first kappa shape index (κ1) is 22.6. The Bertz CT molecular complexity index is 890. The number of rotatable bonds is 6. The normalized spacial score (nSPS) is 21.0. The van der Waals surface area contributed by atoms with E-state index in [9.17, 15) is 42.8 Å². The number of para-hydroxylation sites is 2. The third-order valence-corrected chi connectivity index (χ3v) is 4.65. The van der Waals surface area contributed by atoms with Gasteiger partial charge in [-0.1, -0.05) is 18.2 Å². The molecule has 1 aromatic carbocycles. The lowest BCUT2D eigenvalue weighted by Gasteiger charge is -2.33. The minimum absolute atomic E-state index is 0.105. The third-order valence-electron chi connectivity index (χ3n) is 4.65. The van der Waals surface area contributed by atoms with Gasteiger partial charge in [0.25, 0.3) is 11.6 Å². The Hall–Kier alpha value is -3.64. The predicted octanol–water partition coefficient (Wildman–Crippen LogP) is 2.14. The molecule has 1 aliphatic heterocycles. The summed E-state index contributed by atoms with van der Waals surface area (Å²) in [6, 6.07) is 4.89. The van der Waals surface area contributed by atoms with E-state index >= 15 is 0 Å². The van der Waals surface area contributed by atoms with Crippen LogP contribution in [-0.2, 0) is 9.59 Å². The number of halogens is 3. The summed E-state index contributed by atoms with van der Waals surface area (Å²) in [4.78, 5) is 47.1. The van der Waals surface area contributed by atoms with Crippen LogP contribution < -0.4 is 10.6 Å². The molecule has 0 spiro atoms. The molecule has 3 N–H and O–H groups in total. The fourth-order valence-corrected chi connectivity index (χ4v) is 3.24. The average Bonchev–Trinajstić information content (AvgIpc) is 3.01. The number of carboxylic acid groups (broad SMARTS) is 1. The highest BCUT2D eigenvalue weighted by Gasteiger charge is 2.57. The summed E-state index contributed by atoms with van der Waals surface area (Å²) in [6.45, 7) is 2.31. The average molecular weight is 430 g/mol. The van der Waals surface area contributed by atoms with Crippen LogP contribution in [0.1, 0.15) is 6.42 Å². The molecule has 162 valence electrons. The van der Waals surface area contributed by atoms with Gasteiger partial charge in [0.05, 0.1) is 11.5 Å². The Morgan fingerprint density at radius 2 is 2.00 bits per heavy atom. The lowest BCUT2D eigenvalue weighted by Crippen LogP contribution is -2.64. The Morgan fingerprint density at radius 3 is 2.53 bits per heavy atom. The summed E-state index contributed by atoms with van der Waals surface area (Å²) in [5.74, 6) is -4.76. The number of amides is 3. The molecule has 0 bridgehead atoms. The number of anilines is 1. The van der Waals surface area contributed by atoms with E-state index < -0.39 is 52.7 Å². The number of hydrogen-bond acceptors (Lipinski definition) is 5. The number of likely N-dealkylation sites (tertiary alicyclic amines) is 1. The van der Waals surface area contributed by atoms with Gasteiger partial charge in [-0.15, -0.1) is 6.58 Å². The molecule has 1 fully saturated rings. The molecule has 0 aromatic heterocycles. The SMILES string of the molecule is C=CCC1CN(C(=O)O)CC1(NC(=O)C(F)(F)F)C(=O)Nc1ccccc1[N+](=O)[O-]. The molecule has 0 aliphatic carbocycles. The van der Waals surface area contributed by atoms with Crippen molar-refractivity contribution in [2.24, 2.45) is 5.92 Å². The number of allylic oxidation sites excluding steroid dienone is 1. The van der Waals surface area contributed by atoms with Crippen LogP contribution >= 0.6 is 0 Å². The Balaban J connectivity index is 2.51. The second-order valence-corrected chi connectivity index (χ2v) is 6.54. The molecule has 0 radical (unpaired) electrons. The maximum atomic E-state index is 13.1. The van der Waals surface area contributed by atoms with Crippen molar-refractivity contribution in [2.75, 3.05) is 18.4 Å². The first-order valence-corrected chi connectivity index (χ1v) is 8.45. The summed E-state index contributed by atoms with van der Waals surface area (Å²) in [5.41, 5.74) is -3.18. The molecule has 2 atom stereocenters. The van der Waals surface area contributed by atoms with Gasteiger partial charge in [-0.05, 0) is 12.5 Å². The smallest absolute Gasteiger partial charge is 0.465 e. The van der Waals surface area contributed by atoms with E-state index in [2.05, 4.69) is 11.9 Å². The molecule has 0 saturated carbocycles. The quantitative estimate of drug-likeness (QED) is 0.359. The highest BCUT2D eigenvalue weighted by atomic mass is 19.4. The second-order valence-electron chi connectivity index (χ2n) is 6.54. The van der Waals surface area contributed by atoms with Crippen LogP contribution in [0.25, 0.3) is 0 Å². The van der Waals surface area contributed by atoms with E-state index in [0.29, 0.717) is 4.90 Å². The maximum absolute atomic E-state index is 13.1. The second kappa shape index (κ2) is 8.39. The van der Waals surface area contributed by atoms with Crippen molar-refractivity contribution in [3.8, 4) is 0 Å². The van der Waals surface area contributed by atoms with Crippen LogP contribution in [0, 0.1) is 16.0 Å². The molecule has 3 amide bonds. The zero-order chi connectivity index (χ0) is 22.7. The molecule has 2 unspecified atom stereocenters. The van der Waals surface area contributed by atoms with Gasteiger partial charge in [0.2, 0.25) is 0 Å². The Kier molecular flexibility index (Phi) is 6.33. The fourth-order valence-electron chi connectivity index (χ4n) is 3.24. The van der Waals surface area contributed by atoms with Gasteiger partial charge in [0, 0.05) is 18.5 Å². The van der Waals surface area contributed by atoms with Crippen molar-refractivity contribution in [1.82, 2.24) is 10.2 Å². The summed E-state index contributed by atoms with van der Waals surface area (Å²) in [7, 11) is 0. The minimum atomic E-state index is -5.35. The van der Waals surface area contributed by atoms with Crippen LogP contribution in [0.5, 0.6) is 0 Å². The number of nitrogens with zero attached hydrogens (tertiary/aromatic N) is 2. The monoisotopic (exact) mass is 430 g/mol. The number of nitro benzene ring substituents is 1. The summed E-state index contributed by atoms with van der Waals surface area (Å²) in [5, 5.41) is 24.2. The molecule has 30 heavy (non-hydrogen) atoms. The van der Waals surface area contributed by atoms with E-state index in [1.165, 1.54) is 18.2 Å². The van der Waals surface area contributed by atoms with Gasteiger partial charge in [0.15, 0.2) is 0 Å². The molecule has 2 rings (SSSR count). The van der Waals surface area contributed by atoms with E-state index in [1.54, 1.807) is 5.32 Å².